The van der Waals surface area contributed by atoms with Gasteiger partial charge in [-0.25, -0.2) is 9.67 Å². The van der Waals surface area contributed by atoms with Crippen LogP contribution < -0.4 is 5.73 Å². The Hall–Kier alpha value is -1.19. The molecule has 0 aliphatic carbocycles. The summed E-state index contributed by atoms with van der Waals surface area (Å²) in [5.41, 5.74) is 5.54. The average molecular weight is 291 g/mol. The predicted molar refractivity (Wildman–Crippen MR) is 53.0 cm³/mol. The molecule has 0 atom stereocenters. The van der Waals surface area contributed by atoms with Crippen LogP contribution in [0.15, 0.2) is 12.7 Å². The fraction of sp³-hybridized carbons (Fsp3) is 0.200. The number of anilines is 1. The monoisotopic (exact) mass is 291 g/mol. The van der Waals surface area contributed by atoms with Gasteiger partial charge in [-0.3, -0.25) is 2.78 Å². The quantitative estimate of drug-likeness (QED) is 0.767. The Morgan fingerprint density at radius 2 is 2.38 bits per heavy atom. The second-order valence-electron chi connectivity index (χ2n) is 2.33. The van der Waals surface area contributed by atoms with Crippen molar-refractivity contribution in [1.29, 1.82) is 0 Å². The lowest BCUT2D eigenvalue weighted by atomic mass is 10.6. The molecule has 8 heteroatoms. The van der Waals surface area contributed by atoms with Crippen LogP contribution in [-0.4, -0.2) is 27.7 Å². The Labute approximate surface area is 87.5 Å². The Morgan fingerprint density at radius 1 is 1.54 bits per heavy atom. The lowest BCUT2D eigenvalue weighted by molar-refractivity contribution is 0.664. The van der Waals surface area contributed by atoms with Crippen LogP contribution in [0.2, 0.25) is 0 Å². The lowest BCUT2D eigenvalue weighted by Gasteiger charge is -1.99. The van der Waals surface area contributed by atoms with Crippen molar-refractivity contribution in [3.05, 3.63) is 18.5 Å². The van der Waals surface area contributed by atoms with Crippen LogP contribution in [0.4, 0.5) is 5.95 Å². The summed E-state index contributed by atoms with van der Waals surface area (Å²) in [6, 6.07) is 0. The molecular formula is C5H6IN7. The van der Waals surface area contributed by atoms with Gasteiger partial charge >= 0.3 is 0 Å². The first-order chi connectivity index (χ1) is 6.27. The van der Waals surface area contributed by atoms with Crippen LogP contribution in [0.25, 0.3) is 0 Å². The molecule has 2 aromatic rings. The van der Waals surface area contributed by atoms with Gasteiger partial charge in [-0.05, 0) is 0 Å². The molecule has 0 saturated carbocycles. The Kier molecular flexibility index (Phi) is 2.12. The molecule has 2 rings (SSSR count). The largest absolute Gasteiger partial charge is 0.368 e. The van der Waals surface area contributed by atoms with Crippen molar-refractivity contribution >= 4 is 28.8 Å². The van der Waals surface area contributed by atoms with Crippen molar-refractivity contribution in [2.75, 3.05) is 5.73 Å². The van der Waals surface area contributed by atoms with E-state index < -0.39 is 0 Å². The van der Waals surface area contributed by atoms with Crippen molar-refractivity contribution in [3.8, 4) is 0 Å². The van der Waals surface area contributed by atoms with E-state index in [9.17, 15) is 0 Å². The van der Waals surface area contributed by atoms with Gasteiger partial charge in [0.05, 0.1) is 22.9 Å². The van der Waals surface area contributed by atoms with Gasteiger partial charge in [0.15, 0.2) is 5.82 Å². The van der Waals surface area contributed by atoms with E-state index in [0.29, 0.717) is 12.5 Å². The summed E-state index contributed by atoms with van der Waals surface area (Å²) in [6.07, 6.45) is 3.02. The van der Waals surface area contributed by atoms with Crippen LogP contribution >= 0.6 is 22.9 Å². The van der Waals surface area contributed by atoms with E-state index in [1.54, 1.807) is 13.8 Å². The van der Waals surface area contributed by atoms with Crippen molar-refractivity contribution in [2.24, 2.45) is 0 Å². The van der Waals surface area contributed by atoms with E-state index in [4.69, 9.17) is 5.73 Å². The molecular weight excluding hydrogens is 285 g/mol. The molecule has 0 radical (unpaired) electrons. The van der Waals surface area contributed by atoms with Gasteiger partial charge in [-0.1, -0.05) is 0 Å². The van der Waals surface area contributed by atoms with Gasteiger partial charge in [-0.2, -0.15) is 5.10 Å². The minimum atomic E-state index is 0.374. The second-order valence-corrected chi connectivity index (χ2v) is 3.37. The molecule has 68 valence electrons. The Bertz CT molecular complexity index is 366. The molecule has 2 aromatic heterocycles. The molecule has 13 heavy (non-hydrogen) atoms. The van der Waals surface area contributed by atoms with Gasteiger partial charge < -0.3 is 5.73 Å². The third-order valence-corrected chi connectivity index (χ3v) is 2.32. The molecule has 0 fully saturated rings. The molecule has 0 amide bonds. The Balaban J connectivity index is 2.24. The smallest absolute Gasteiger partial charge is 0.218 e. The Morgan fingerprint density at radius 3 is 2.92 bits per heavy atom. The van der Waals surface area contributed by atoms with Gasteiger partial charge in [0.25, 0.3) is 0 Å². The highest BCUT2D eigenvalue weighted by Crippen LogP contribution is 2.04. The van der Waals surface area contributed by atoms with Gasteiger partial charge in [0.2, 0.25) is 5.95 Å². The maximum atomic E-state index is 5.54. The topological polar surface area (TPSA) is 87.4 Å². The van der Waals surface area contributed by atoms with Crippen molar-refractivity contribution in [2.45, 2.75) is 6.54 Å². The first kappa shape index (κ1) is 8.41. The molecule has 0 unspecified atom stereocenters. The standard InChI is InChI=1S/C5H6IN7/c6-12-3-9-11-4(12)1-13-5(7)8-2-10-13/h2-3H,1H2,(H2,7,8,10). The molecule has 0 saturated heterocycles. The summed E-state index contributed by atoms with van der Waals surface area (Å²) in [4.78, 5) is 3.80. The molecule has 2 heterocycles. The summed E-state index contributed by atoms with van der Waals surface area (Å²) in [5.74, 6) is 1.15. The van der Waals surface area contributed by atoms with Crippen molar-refractivity contribution in [1.82, 2.24) is 27.7 Å². The van der Waals surface area contributed by atoms with Crippen LogP contribution in [0.1, 0.15) is 5.82 Å². The number of hydrogen-bond acceptors (Lipinski definition) is 5. The van der Waals surface area contributed by atoms with E-state index in [2.05, 4.69) is 43.1 Å². The van der Waals surface area contributed by atoms with Gasteiger partial charge in [-0.15, -0.1) is 10.2 Å². The fourth-order valence-electron chi connectivity index (χ4n) is 0.875. The van der Waals surface area contributed by atoms with E-state index in [1.165, 1.54) is 6.33 Å². The van der Waals surface area contributed by atoms with Gasteiger partial charge in [0, 0.05) is 0 Å². The highest BCUT2D eigenvalue weighted by atomic mass is 127. The number of nitrogens with zero attached hydrogens (tertiary/aromatic N) is 6. The number of hydrogen-bond donors (Lipinski definition) is 1. The number of rotatable bonds is 2. The number of nitrogen functional groups attached to an aromatic ring is 1. The molecule has 7 nitrogen and oxygen atoms in total. The number of halogens is 1. The molecule has 0 spiro atoms. The first-order valence-corrected chi connectivity index (χ1v) is 4.42. The average Bonchev–Trinajstić information content (AvgIpc) is 2.65. The summed E-state index contributed by atoms with van der Waals surface area (Å²) in [7, 11) is 0. The zero-order valence-electron chi connectivity index (χ0n) is 6.50. The fourth-order valence-corrected chi connectivity index (χ4v) is 1.24. The summed E-state index contributed by atoms with van der Waals surface area (Å²) in [5, 5.41) is 11.6. The minimum Gasteiger partial charge on any atom is -0.368 e. The third kappa shape index (κ3) is 1.61. The zero-order valence-corrected chi connectivity index (χ0v) is 8.66. The number of nitrogens with two attached hydrogens (primary N) is 1. The van der Waals surface area contributed by atoms with Crippen LogP contribution in [0, 0.1) is 0 Å². The third-order valence-electron chi connectivity index (χ3n) is 1.51. The second kappa shape index (κ2) is 3.28. The van der Waals surface area contributed by atoms with E-state index in [0.717, 1.165) is 5.82 Å². The highest BCUT2D eigenvalue weighted by molar-refractivity contribution is 14.1. The summed E-state index contributed by atoms with van der Waals surface area (Å²) < 4.78 is 3.33. The van der Waals surface area contributed by atoms with Crippen LogP contribution in [0.3, 0.4) is 0 Å². The number of aromatic nitrogens is 6. The molecule has 0 bridgehead atoms. The zero-order chi connectivity index (χ0) is 9.26. The highest BCUT2D eigenvalue weighted by Gasteiger charge is 2.05. The predicted octanol–water partition coefficient (Wildman–Crippen LogP) is -0.302. The van der Waals surface area contributed by atoms with Crippen LogP contribution in [-0.2, 0) is 6.54 Å². The SMILES string of the molecule is Nc1ncnn1Cc1nncn1I. The van der Waals surface area contributed by atoms with E-state index >= 15 is 0 Å². The van der Waals surface area contributed by atoms with Gasteiger partial charge in [0.1, 0.15) is 19.2 Å². The van der Waals surface area contributed by atoms with Crippen molar-refractivity contribution < 1.29 is 0 Å². The summed E-state index contributed by atoms with van der Waals surface area (Å²) >= 11 is 2.08. The van der Waals surface area contributed by atoms with Crippen LogP contribution in [0.5, 0.6) is 0 Å². The molecule has 0 aromatic carbocycles. The molecule has 0 aliphatic heterocycles. The van der Waals surface area contributed by atoms with E-state index in [1.807, 2.05) is 0 Å². The summed E-state index contributed by atoms with van der Waals surface area (Å²) in [6.45, 7) is 0.481. The maximum Gasteiger partial charge on any atom is 0.218 e. The molecule has 2 N–H and O–H groups in total. The maximum absolute atomic E-state index is 5.54. The first-order valence-electron chi connectivity index (χ1n) is 3.45. The normalized spacial score (nSPS) is 10.5. The van der Waals surface area contributed by atoms with E-state index in [-0.39, 0.29) is 0 Å². The molecule has 0 aliphatic rings. The minimum absolute atomic E-state index is 0.374. The van der Waals surface area contributed by atoms with Crippen molar-refractivity contribution in [3.63, 3.8) is 0 Å². The lowest BCUT2D eigenvalue weighted by Crippen LogP contribution is -2.08.